The summed E-state index contributed by atoms with van der Waals surface area (Å²) in [7, 11) is 0. The Labute approximate surface area is 76.6 Å². The van der Waals surface area contributed by atoms with E-state index < -0.39 is 12.0 Å². The molecule has 1 amide bonds. The first-order valence-corrected chi connectivity index (χ1v) is 4.19. The van der Waals surface area contributed by atoms with Gasteiger partial charge >= 0.3 is 5.97 Å². The number of hydrogen-bond donors (Lipinski definition) is 2. The summed E-state index contributed by atoms with van der Waals surface area (Å²) in [5.41, 5.74) is 1.10. The van der Waals surface area contributed by atoms with Crippen molar-refractivity contribution < 1.29 is 14.7 Å². The van der Waals surface area contributed by atoms with Gasteiger partial charge in [-0.1, -0.05) is 11.6 Å². The molecule has 1 aliphatic rings. The number of carboxylic acid groups (broad SMARTS) is 1. The molecule has 4 nitrogen and oxygen atoms in total. The Morgan fingerprint density at radius 3 is 2.62 bits per heavy atom. The lowest BCUT2D eigenvalue weighted by Gasteiger charge is -2.32. The Morgan fingerprint density at radius 2 is 2.23 bits per heavy atom. The Bertz CT molecular complexity index is 266. The van der Waals surface area contributed by atoms with Gasteiger partial charge in [-0.2, -0.15) is 0 Å². The van der Waals surface area contributed by atoms with Crippen molar-refractivity contribution in [3.63, 3.8) is 0 Å². The maximum atomic E-state index is 11.0. The molecule has 13 heavy (non-hydrogen) atoms. The second-order valence-electron chi connectivity index (χ2n) is 3.45. The largest absolute Gasteiger partial charge is 0.480 e. The average Bonchev–Trinajstić information content (AvgIpc) is 1.99. The molecule has 0 bridgehead atoms. The van der Waals surface area contributed by atoms with Gasteiger partial charge in [0.1, 0.15) is 6.04 Å². The Kier molecular flexibility index (Phi) is 2.70. The summed E-state index contributed by atoms with van der Waals surface area (Å²) in [5, 5.41) is 11.0. The van der Waals surface area contributed by atoms with E-state index in [2.05, 4.69) is 5.32 Å². The minimum Gasteiger partial charge on any atom is -0.480 e. The molecule has 0 saturated carbocycles. The monoisotopic (exact) mass is 183 g/mol. The Morgan fingerprint density at radius 1 is 1.62 bits per heavy atom. The molecule has 1 rings (SSSR count). The highest BCUT2D eigenvalue weighted by molar-refractivity contribution is 5.96. The van der Waals surface area contributed by atoms with Crippen LogP contribution in [0.2, 0.25) is 0 Å². The summed E-state index contributed by atoms with van der Waals surface area (Å²) < 4.78 is 0. The number of carbonyl (C=O) groups excluding carboxylic acids is 1. The molecule has 2 atom stereocenters. The maximum Gasteiger partial charge on any atom is 0.327 e. The van der Waals surface area contributed by atoms with Crippen LogP contribution in [0.1, 0.15) is 20.3 Å². The summed E-state index contributed by atoms with van der Waals surface area (Å²) in [6, 6.07) is -0.692. The minimum atomic E-state index is -0.952. The SMILES string of the molecule is CC(C)=CCC1C(=O)NC1C(=O)O. The quantitative estimate of drug-likeness (QED) is 0.495. The lowest BCUT2D eigenvalue weighted by atomic mass is 9.87. The summed E-state index contributed by atoms with van der Waals surface area (Å²) in [5.74, 6) is -1.50. The van der Waals surface area contributed by atoms with E-state index in [0.717, 1.165) is 5.57 Å². The molecule has 0 aromatic rings. The molecule has 2 N–H and O–H groups in total. The summed E-state index contributed by atoms with van der Waals surface area (Å²) in [4.78, 5) is 21.5. The van der Waals surface area contributed by atoms with Crippen LogP contribution in [-0.4, -0.2) is 23.0 Å². The van der Waals surface area contributed by atoms with Crippen molar-refractivity contribution in [2.75, 3.05) is 0 Å². The van der Waals surface area contributed by atoms with Crippen molar-refractivity contribution in [2.45, 2.75) is 26.3 Å². The first-order valence-electron chi connectivity index (χ1n) is 4.19. The van der Waals surface area contributed by atoms with Crippen LogP contribution in [0.15, 0.2) is 11.6 Å². The van der Waals surface area contributed by atoms with Gasteiger partial charge in [-0.25, -0.2) is 4.79 Å². The number of carboxylic acids is 1. The van der Waals surface area contributed by atoms with E-state index in [1.807, 2.05) is 19.9 Å². The number of hydrogen-bond acceptors (Lipinski definition) is 2. The van der Waals surface area contributed by atoms with Crippen molar-refractivity contribution >= 4 is 11.9 Å². The standard InChI is InChI=1S/C9H13NO3/c1-5(2)3-4-6-7(9(12)13)10-8(6)11/h3,6-7H,4H2,1-2H3,(H,10,11)(H,12,13). The minimum absolute atomic E-state index is 0.162. The van der Waals surface area contributed by atoms with E-state index >= 15 is 0 Å². The number of aliphatic carboxylic acids is 1. The molecule has 1 aliphatic heterocycles. The van der Waals surface area contributed by atoms with Crippen LogP contribution in [0.25, 0.3) is 0 Å². The predicted molar refractivity (Wildman–Crippen MR) is 47.1 cm³/mol. The summed E-state index contributed by atoms with van der Waals surface area (Å²) >= 11 is 0. The van der Waals surface area contributed by atoms with Crippen LogP contribution >= 0.6 is 0 Å². The van der Waals surface area contributed by atoms with E-state index in [1.165, 1.54) is 0 Å². The van der Waals surface area contributed by atoms with Crippen LogP contribution in [0.3, 0.4) is 0 Å². The second-order valence-corrected chi connectivity index (χ2v) is 3.45. The summed E-state index contributed by atoms with van der Waals surface area (Å²) in [6.07, 6.45) is 2.41. The highest BCUT2D eigenvalue weighted by atomic mass is 16.4. The van der Waals surface area contributed by atoms with Gasteiger partial charge in [-0.3, -0.25) is 4.79 Å². The lowest BCUT2D eigenvalue weighted by molar-refractivity contribution is -0.152. The van der Waals surface area contributed by atoms with E-state index in [0.29, 0.717) is 6.42 Å². The molecule has 1 fully saturated rings. The van der Waals surface area contributed by atoms with Gasteiger partial charge in [0.05, 0.1) is 5.92 Å². The first-order chi connectivity index (χ1) is 6.02. The van der Waals surface area contributed by atoms with E-state index in [4.69, 9.17) is 5.11 Å². The smallest absolute Gasteiger partial charge is 0.327 e. The third-order valence-electron chi connectivity index (χ3n) is 2.08. The molecule has 0 aromatic heterocycles. The second kappa shape index (κ2) is 3.60. The number of carbonyl (C=O) groups is 2. The zero-order valence-corrected chi connectivity index (χ0v) is 7.70. The predicted octanol–water partition coefficient (Wildman–Crippen LogP) is 0.542. The fourth-order valence-corrected chi connectivity index (χ4v) is 1.26. The van der Waals surface area contributed by atoms with Crippen molar-refractivity contribution in [1.82, 2.24) is 5.32 Å². The van der Waals surface area contributed by atoms with Crippen LogP contribution in [-0.2, 0) is 9.59 Å². The van der Waals surface area contributed by atoms with E-state index in [1.54, 1.807) is 0 Å². The fraction of sp³-hybridized carbons (Fsp3) is 0.556. The molecule has 72 valence electrons. The third kappa shape index (κ3) is 2.08. The van der Waals surface area contributed by atoms with Crippen LogP contribution in [0, 0.1) is 5.92 Å². The van der Waals surface area contributed by atoms with E-state index in [9.17, 15) is 9.59 Å². The number of nitrogens with one attached hydrogen (secondary N) is 1. The Balaban J connectivity index is 2.53. The highest BCUT2D eigenvalue weighted by Gasteiger charge is 2.43. The molecular formula is C9H13NO3. The third-order valence-corrected chi connectivity index (χ3v) is 2.08. The molecule has 0 aliphatic carbocycles. The molecule has 0 spiro atoms. The number of amides is 1. The first kappa shape index (κ1) is 9.77. The fourth-order valence-electron chi connectivity index (χ4n) is 1.26. The zero-order valence-electron chi connectivity index (χ0n) is 7.70. The van der Waals surface area contributed by atoms with Crippen LogP contribution < -0.4 is 5.32 Å². The zero-order chi connectivity index (χ0) is 10.0. The van der Waals surface area contributed by atoms with Crippen molar-refractivity contribution in [1.29, 1.82) is 0 Å². The number of β-lactam (4-membered cyclic amide) rings is 1. The highest BCUT2D eigenvalue weighted by Crippen LogP contribution is 2.20. The van der Waals surface area contributed by atoms with Gasteiger partial charge in [0.2, 0.25) is 5.91 Å². The van der Waals surface area contributed by atoms with Crippen molar-refractivity contribution in [2.24, 2.45) is 5.92 Å². The molecular weight excluding hydrogens is 170 g/mol. The van der Waals surface area contributed by atoms with Gasteiger partial charge in [0, 0.05) is 0 Å². The molecule has 0 aromatic carbocycles. The summed E-state index contributed by atoms with van der Waals surface area (Å²) in [6.45, 7) is 3.85. The number of rotatable bonds is 3. The van der Waals surface area contributed by atoms with Crippen molar-refractivity contribution in [3.8, 4) is 0 Å². The topological polar surface area (TPSA) is 66.4 Å². The van der Waals surface area contributed by atoms with Gasteiger partial charge in [-0.15, -0.1) is 0 Å². The van der Waals surface area contributed by atoms with Gasteiger partial charge in [0.25, 0.3) is 0 Å². The normalized spacial score (nSPS) is 25.8. The maximum absolute atomic E-state index is 11.0. The van der Waals surface area contributed by atoms with Crippen LogP contribution in [0.5, 0.6) is 0 Å². The number of allylic oxidation sites excluding steroid dienone is 2. The van der Waals surface area contributed by atoms with Crippen molar-refractivity contribution in [3.05, 3.63) is 11.6 Å². The molecule has 1 heterocycles. The molecule has 4 heteroatoms. The van der Waals surface area contributed by atoms with E-state index in [-0.39, 0.29) is 11.8 Å². The lowest BCUT2D eigenvalue weighted by Crippen LogP contribution is -2.61. The van der Waals surface area contributed by atoms with Gasteiger partial charge < -0.3 is 10.4 Å². The Hall–Kier alpha value is -1.32. The molecule has 2 unspecified atom stereocenters. The van der Waals surface area contributed by atoms with Crippen LogP contribution in [0.4, 0.5) is 0 Å². The van der Waals surface area contributed by atoms with Gasteiger partial charge in [-0.05, 0) is 20.3 Å². The molecule has 0 radical (unpaired) electrons. The molecule has 1 saturated heterocycles. The average molecular weight is 183 g/mol. The van der Waals surface area contributed by atoms with Gasteiger partial charge in [0.15, 0.2) is 0 Å².